The van der Waals surface area contributed by atoms with Gasteiger partial charge in [0.25, 0.3) is 0 Å². The van der Waals surface area contributed by atoms with Crippen LogP contribution >= 0.6 is 11.6 Å². The van der Waals surface area contributed by atoms with Gasteiger partial charge in [0.1, 0.15) is 0 Å². The van der Waals surface area contributed by atoms with Crippen molar-refractivity contribution >= 4 is 17.4 Å². The maximum Gasteiger partial charge on any atom is 0.164 e. The highest BCUT2D eigenvalue weighted by atomic mass is 35.5. The highest BCUT2D eigenvalue weighted by molar-refractivity contribution is 6.32. The minimum Gasteiger partial charge on any atom is -0.381 e. The molecule has 2 N–H and O–H groups in total. The Labute approximate surface area is 101 Å². The molecule has 0 unspecified atom stereocenters. The molecule has 0 amide bonds. The molecule has 0 aromatic carbocycles. The molecule has 1 aromatic rings. The van der Waals surface area contributed by atoms with Crippen LogP contribution in [0.4, 0.5) is 5.82 Å². The number of anilines is 1. The van der Waals surface area contributed by atoms with Gasteiger partial charge in [-0.25, -0.2) is 0 Å². The van der Waals surface area contributed by atoms with Crippen LogP contribution in [0.5, 0.6) is 0 Å². The van der Waals surface area contributed by atoms with Gasteiger partial charge in [-0.3, -0.25) is 0 Å². The fraction of sp³-hybridized carbons (Fsp3) is 0.636. The van der Waals surface area contributed by atoms with E-state index in [0.29, 0.717) is 16.8 Å². The number of piperidine rings is 1. The summed E-state index contributed by atoms with van der Waals surface area (Å²) in [6.45, 7) is 2.33. The van der Waals surface area contributed by atoms with Gasteiger partial charge in [0.2, 0.25) is 0 Å². The van der Waals surface area contributed by atoms with Crippen LogP contribution in [0, 0.1) is 5.92 Å². The monoisotopic (exact) mass is 240 g/mol. The van der Waals surface area contributed by atoms with Crippen LogP contribution in [-0.4, -0.2) is 35.2 Å². The zero-order chi connectivity index (χ0) is 11.5. The molecule has 1 aliphatic rings. The highest BCUT2D eigenvalue weighted by Gasteiger charge is 2.17. The molecule has 1 aliphatic heterocycles. The van der Waals surface area contributed by atoms with E-state index in [2.05, 4.69) is 22.1 Å². The standard InChI is InChI=1S/C11H17ClN4/c1-16-4-2-8(3-5-16)6-9-7-10(12)11(13)15-14-9/h7-8H,2-6H2,1H3,(H2,13,15). The Bertz CT molecular complexity index is 361. The molecule has 0 atom stereocenters. The summed E-state index contributed by atoms with van der Waals surface area (Å²) in [5.74, 6) is 1.01. The van der Waals surface area contributed by atoms with E-state index in [-0.39, 0.29) is 0 Å². The Kier molecular flexibility index (Phi) is 3.61. The molecule has 4 nitrogen and oxygen atoms in total. The van der Waals surface area contributed by atoms with Gasteiger partial charge in [-0.2, -0.15) is 5.10 Å². The lowest BCUT2D eigenvalue weighted by molar-refractivity contribution is 0.218. The third kappa shape index (κ3) is 2.83. The quantitative estimate of drug-likeness (QED) is 0.853. The Hall–Kier alpha value is -0.870. The van der Waals surface area contributed by atoms with Gasteiger partial charge in [0.05, 0.1) is 10.7 Å². The van der Waals surface area contributed by atoms with Crippen LogP contribution < -0.4 is 5.73 Å². The first kappa shape index (κ1) is 11.6. The average Bonchev–Trinajstić information content (AvgIpc) is 2.27. The molecule has 88 valence electrons. The second-order valence-electron chi connectivity index (χ2n) is 4.52. The molecule has 2 rings (SSSR count). The predicted octanol–water partition coefficient (Wildman–Crippen LogP) is 1.60. The lowest BCUT2D eigenvalue weighted by Crippen LogP contribution is -2.31. The molecule has 16 heavy (non-hydrogen) atoms. The SMILES string of the molecule is CN1CCC(Cc2cc(Cl)c(N)nn2)CC1. The van der Waals surface area contributed by atoms with Crippen LogP contribution in [0.3, 0.4) is 0 Å². The first-order valence-corrected chi connectivity index (χ1v) is 5.99. The van der Waals surface area contributed by atoms with Crippen LogP contribution in [0.25, 0.3) is 0 Å². The fourth-order valence-electron chi connectivity index (χ4n) is 2.08. The largest absolute Gasteiger partial charge is 0.381 e. The number of nitrogens with zero attached hydrogens (tertiary/aromatic N) is 3. The van der Waals surface area contributed by atoms with E-state index in [1.54, 1.807) is 0 Å². The Morgan fingerprint density at radius 3 is 2.75 bits per heavy atom. The summed E-state index contributed by atoms with van der Waals surface area (Å²) in [6, 6.07) is 1.84. The van der Waals surface area contributed by atoms with E-state index in [1.807, 2.05) is 6.07 Å². The van der Waals surface area contributed by atoms with Crippen molar-refractivity contribution in [2.45, 2.75) is 19.3 Å². The lowest BCUT2D eigenvalue weighted by atomic mass is 9.92. The molecular formula is C11H17ClN4. The molecule has 0 spiro atoms. The number of halogens is 1. The number of aromatic nitrogens is 2. The zero-order valence-electron chi connectivity index (χ0n) is 9.49. The number of likely N-dealkylation sites (tertiary alicyclic amines) is 1. The van der Waals surface area contributed by atoms with Crippen LogP contribution in [0.1, 0.15) is 18.5 Å². The fourth-order valence-corrected chi connectivity index (χ4v) is 2.24. The maximum absolute atomic E-state index is 5.92. The third-order valence-corrected chi connectivity index (χ3v) is 3.46. The summed E-state index contributed by atoms with van der Waals surface area (Å²) in [7, 11) is 2.16. The van der Waals surface area contributed by atoms with E-state index in [4.69, 9.17) is 17.3 Å². The predicted molar refractivity (Wildman–Crippen MR) is 65.4 cm³/mol. The van der Waals surface area contributed by atoms with Gasteiger partial charge in [0.15, 0.2) is 5.82 Å². The van der Waals surface area contributed by atoms with E-state index >= 15 is 0 Å². The van der Waals surface area contributed by atoms with Gasteiger partial charge < -0.3 is 10.6 Å². The first-order valence-electron chi connectivity index (χ1n) is 5.61. The number of rotatable bonds is 2. The third-order valence-electron chi connectivity index (χ3n) is 3.16. The minimum atomic E-state index is 0.314. The molecule has 1 saturated heterocycles. The summed E-state index contributed by atoms with van der Waals surface area (Å²) >= 11 is 5.92. The van der Waals surface area contributed by atoms with Crippen molar-refractivity contribution in [2.24, 2.45) is 5.92 Å². The average molecular weight is 241 g/mol. The Balaban J connectivity index is 1.96. The van der Waals surface area contributed by atoms with Gasteiger partial charge in [-0.15, -0.1) is 5.10 Å². The molecule has 1 aromatic heterocycles. The molecular weight excluding hydrogens is 224 g/mol. The maximum atomic E-state index is 5.92. The van der Waals surface area contributed by atoms with Crippen molar-refractivity contribution in [1.29, 1.82) is 0 Å². The number of nitrogen functional groups attached to an aromatic ring is 1. The van der Waals surface area contributed by atoms with Gasteiger partial charge >= 0.3 is 0 Å². The van der Waals surface area contributed by atoms with Gasteiger partial charge in [-0.1, -0.05) is 11.6 Å². The van der Waals surface area contributed by atoms with Gasteiger partial charge in [0, 0.05) is 0 Å². The summed E-state index contributed by atoms with van der Waals surface area (Å²) in [6.07, 6.45) is 3.40. The molecule has 1 fully saturated rings. The summed E-state index contributed by atoms with van der Waals surface area (Å²) in [4.78, 5) is 2.36. The van der Waals surface area contributed by atoms with Crippen LogP contribution in [0.2, 0.25) is 5.02 Å². The molecule has 0 radical (unpaired) electrons. The summed E-state index contributed by atoms with van der Waals surface area (Å²) in [5.41, 5.74) is 6.48. The number of hydrogen-bond donors (Lipinski definition) is 1. The van der Waals surface area contributed by atoms with E-state index in [1.165, 1.54) is 25.9 Å². The second-order valence-corrected chi connectivity index (χ2v) is 4.93. The molecule has 5 heteroatoms. The summed E-state index contributed by atoms with van der Waals surface area (Å²) < 4.78 is 0. The lowest BCUT2D eigenvalue weighted by Gasteiger charge is -2.28. The van der Waals surface area contributed by atoms with E-state index < -0.39 is 0 Å². The van der Waals surface area contributed by atoms with Crippen LogP contribution in [-0.2, 0) is 6.42 Å². The molecule has 0 aliphatic carbocycles. The van der Waals surface area contributed by atoms with E-state index in [9.17, 15) is 0 Å². The molecule has 2 heterocycles. The zero-order valence-corrected chi connectivity index (χ0v) is 10.2. The molecule has 0 bridgehead atoms. The summed E-state index contributed by atoms with van der Waals surface area (Å²) in [5, 5.41) is 8.44. The highest BCUT2D eigenvalue weighted by Crippen LogP contribution is 2.22. The smallest absolute Gasteiger partial charge is 0.164 e. The van der Waals surface area contributed by atoms with Crippen molar-refractivity contribution in [1.82, 2.24) is 15.1 Å². The Morgan fingerprint density at radius 2 is 2.12 bits per heavy atom. The first-order chi connectivity index (χ1) is 7.65. The van der Waals surface area contributed by atoms with Crippen molar-refractivity contribution in [3.8, 4) is 0 Å². The van der Waals surface area contributed by atoms with Crippen molar-refractivity contribution in [2.75, 3.05) is 25.9 Å². The van der Waals surface area contributed by atoms with Gasteiger partial charge in [-0.05, 0) is 51.4 Å². The Morgan fingerprint density at radius 1 is 1.44 bits per heavy atom. The van der Waals surface area contributed by atoms with Crippen molar-refractivity contribution in [3.63, 3.8) is 0 Å². The van der Waals surface area contributed by atoms with Crippen molar-refractivity contribution in [3.05, 3.63) is 16.8 Å². The second kappa shape index (κ2) is 4.97. The van der Waals surface area contributed by atoms with Crippen LogP contribution in [0.15, 0.2) is 6.07 Å². The number of hydrogen-bond acceptors (Lipinski definition) is 4. The molecule has 0 saturated carbocycles. The normalized spacial score (nSPS) is 18.9. The van der Waals surface area contributed by atoms with Crippen molar-refractivity contribution < 1.29 is 0 Å². The topological polar surface area (TPSA) is 55.0 Å². The number of nitrogens with two attached hydrogens (primary N) is 1. The van der Waals surface area contributed by atoms with E-state index in [0.717, 1.165) is 12.1 Å². The minimum absolute atomic E-state index is 0.314.